The van der Waals surface area contributed by atoms with Crippen LogP contribution in [0.5, 0.6) is 0 Å². The van der Waals surface area contributed by atoms with E-state index in [0.717, 1.165) is 12.8 Å². The van der Waals surface area contributed by atoms with Gasteiger partial charge in [-0.25, -0.2) is 0 Å². The quantitative estimate of drug-likeness (QED) is 0.770. The van der Waals surface area contributed by atoms with Gasteiger partial charge in [0.1, 0.15) is 24.4 Å². The van der Waals surface area contributed by atoms with E-state index in [1.807, 2.05) is 6.92 Å². The van der Waals surface area contributed by atoms with Crippen molar-refractivity contribution >= 4 is 5.97 Å². The molecule has 1 saturated heterocycles. The Kier molecular flexibility index (Phi) is 7.94. The molecule has 0 amide bonds. The van der Waals surface area contributed by atoms with E-state index in [1.54, 1.807) is 0 Å². The monoisotopic (exact) mass is 343 g/mol. The molecule has 0 aromatic rings. The van der Waals surface area contributed by atoms with Crippen LogP contribution >= 0.6 is 0 Å². The van der Waals surface area contributed by atoms with Gasteiger partial charge in [-0.15, -0.1) is 0 Å². The smallest absolute Gasteiger partial charge is 0.325 e. The van der Waals surface area contributed by atoms with Gasteiger partial charge in [-0.1, -0.05) is 33.1 Å². The number of cyclic esters (lactones) is 1. The van der Waals surface area contributed by atoms with E-state index in [0.29, 0.717) is 19.1 Å². The van der Waals surface area contributed by atoms with Gasteiger partial charge in [0.2, 0.25) is 0 Å². The molecule has 0 spiro atoms. The molecule has 1 heterocycles. The lowest BCUT2D eigenvalue weighted by molar-refractivity contribution is -0.177. The Morgan fingerprint density at radius 3 is 2.58 bits per heavy atom. The maximum Gasteiger partial charge on any atom is 0.325 e. The first-order valence-electron chi connectivity index (χ1n) is 9.28. The average Bonchev–Trinajstić information content (AvgIpc) is 2.58. The molecule has 2 fully saturated rings. The largest absolute Gasteiger partial charge is 0.459 e. The Bertz CT molecular complexity index is 384. The molecule has 0 radical (unpaired) electrons. The van der Waals surface area contributed by atoms with E-state index in [-0.39, 0.29) is 24.9 Å². The van der Waals surface area contributed by atoms with Crippen molar-refractivity contribution in [3.63, 3.8) is 0 Å². The molecule has 2 rings (SSSR count). The molecule has 0 aromatic heterocycles. The lowest BCUT2D eigenvalue weighted by Gasteiger charge is -2.34. The zero-order valence-electron chi connectivity index (χ0n) is 15.2. The van der Waals surface area contributed by atoms with Crippen LogP contribution in [0.15, 0.2) is 0 Å². The molecule has 0 aromatic carbocycles. The number of ether oxygens (including phenoxy) is 4. The van der Waals surface area contributed by atoms with Crippen molar-refractivity contribution in [1.29, 1.82) is 0 Å². The molecule has 1 aliphatic carbocycles. The second kappa shape index (κ2) is 9.70. The van der Waals surface area contributed by atoms with E-state index in [1.165, 1.54) is 19.3 Å². The molecule has 2 aliphatic rings. The summed E-state index contributed by atoms with van der Waals surface area (Å²) >= 11 is 0. The Labute approximate surface area is 145 Å². The zero-order chi connectivity index (χ0) is 17.5. The highest BCUT2D eigenvalue weighted by Gasteiger charge is 2.36. The summed E-state index contributed by atoms with van der Waals surface area (Å²) in [5.41, 5.74) is 5.80. The molecule has 6 heteroatoms. The first kappa shape index (κ1) is 19.6. The van der Waals surface area contributed by atoms with Crippen molar-refractivity contribution < 1.29 is 23.7 Å². The van der Waals surface area contributed by atoms with Crippen LogP contribution in [0.2, 0.25) is 0 Å². The van der Waals surface area contributed by atoms with E-state index in [4.69, 9.17) is 24.7 Å². The third-order valence-corrected chi connectivity index (χ3v) is 4.55. The van der Waals surface area contributed by atoms with Crippen LogP contribution in [-0.2, 0) is 23.7 Å². The Hall–Kier alpha value is -0.690. The molecule has 1 aliphatic heterocycles. The van der Waals surface area contributed by atoms with Gasteiger partial charge in [-0.05, 0) is 25.7 Å². The molecule has 0 bridgehead atoms. The van der Waals surface area contributed by atoms with Crippen molar-refractivity contribution in [2.75, 3.05) is 19.8 Å². The summed E-state index contributed by atoms with van der Waals surface area (Å²) < 4.78 is 23.5. The van der Waals surface area contributed by atoms with Crippen LogP contribution in [-0.4, -0.2) is 56.2 Å². The number of carbonyl (C=O) groups excluding carboxylic acids is 1. The minimum Gasteiger partial charge on any atom is -0.459 e. The summed E-state index contributed by atoms with van der Waals surface area (Å²) in [7, 11) is 0. The van der Waals surface area contributed by atoms with Crippen molar-refractivity contribution in [2.45, 2.75) is 83.3 Å². The van der Waals surface area contributed by atoms with Crippen LogP contribution in [0, 0.1) is 5.92 Å². The van der Waals surface area contributed by atoms with Gasteiger partial charge in [-0.3, -0.25) is 4.79 Å². The lowest BCUT2D eigenvalue weighted by atomic mass is 9.97. The normalized spacial score (nSPS) is 33.6. The zero-order valence-corrected chi connectivity index (χ0v) is 15.2. The van der Waals surface area contributed by atoms with Crippen molar-refractivity contribution in [3.8, 4) is 0 Å². The average molecular weight is 343 g/mol. The fourth-order valence-electron chi connectivity index (χ4n) is 3.23. The number of hydrogen-bond donors (Lipinski definition) is 1. The molecule has 6 nitrogen and oxygen atoms in total. The SMILES string of the molecule is CC(C)CO[C@H]1[C@H](C)OC(=O)[C@@H](N)COC[C@@H]1OC1CCCCC1. The number of rotatable bonds is 5. The molecule has 140 valence electrons. The van der Waals surface area contributed by atoms with Crippen LogP contribution < -0.4 is 5.73 Å². The second-order valence-corrected chi connectivity index (χ2v) is 7.41. The highest BCUT2D eigenvalue weighted by atomic mass is 16.6. The van der Waals surface area contributed by atoms with Gasteiger partial charge in [-0.2, -0.15) is 0 Å². The minimum atomic E-state index is -0.758. The summed E-state index contributed by atoms with van der Waals surface area (Å²) in [6.07, 6.45) is 5.03. The van der Waals surface area contributed by atoms with Crippen molar-refractivity contribution in [2.24, 2.45) is 11.7 Å². The number of carbonyl (C=O) groups is 1. The molecule has 4 atom stereocenters. The van der Waals surface area contributed by atoms with Crippen molar-refractivity contribution in [3.05, 3.63) is 0 Å². The van der Waals surface area contributed by atoms with Crippen molar-refractivity contribution in [1.82, 2.24) is 0 Å². The third kappa shape index (κ3) is 5.99. The van der Waals surface area contributed by atoms with Gasteiger partial charge >= 0.3 is 5.97 Å². The van der Waals surface area contributed by atoms with Crippen LogP contribution in [0.1, 0.15) is 52.9 Å². The van der Waals surface area contributed by atoms with Crippen LogP contribution in [0.25, 0.3) is 0 Å². The predicted octanol–water partition coefficient (Wildman–Crippen LogP) is 2.03. The minimum absolute atomic E-state index is 0.146. The van der Waals surface area contributed by atoms with E-state index in [9.17, 15) is 4.79 Å². The summed E-state index contributed by atoms with van der Waals surface area (Å²) in [5, 5.41) is 0. The summed E-state index contributed by atoms with van der Waals surface area (Å²) in [5.74, 6) is -0.0574. The Morgan fingerprint density at radius 2 is 1.92 bits per heavy atom. The third-order valence-electron chi connectivity index (χ3n) is 4.55. The Balaban J connectivity index is 2.07. The summed E-state index contributed by atoms with van der Waals surface area (Å²) in [4.78, 5) is 12.0. The van der Waals surface area contributed by atoms with Gasteiger partial charge in [0, 0.05) is 6.61 Å². The molecule has 24 heavy (non-hydrogen) atoms. The first-order chi connectivity index (χ1) is 11.5. The van der Waals surface area contributed by atoms with Crippen LogP contribution in [0.4, 0.5) is 0 Å². The molecular formula is C18H33NO5. The predicted molar refractivity (Wildman–Crippen MR) is 90.7 cm³/mol. The second-order valence-electron chi connectivity index (χ2n) is 7.41. The topological polar surface area (TPSA) is 80.0 Å². The fraction of sp³-hybridized carbons (Fsp3) is 0.944. The Morgan fingerprint density at radius 1 is 1.21 bits per heavy atom. The fourth-order valence-corrected chi connectivity index (χ4v) is 3.23. The summed E-state index contributed by atoms with van der Waals surface area (Å²) in [6.45, 7) is 7.13. The van der Waals surface area contributed by atoms with E-state index >= 15 is 0 Å². The highest BCUT2D eigenvalue weighted by molar-refractivity contribution is 5.75. The first-order valence-corrected chi connectivity index (χ1v) is 9.28. The number of nitrogens with two attached hydrogens (primary N) is 1. The number of hydrogen-bond acceptors (Lipinski definition) is 6. The molecule has 1 saturated carbocycles. The van der Waals surface area contributed by atoms with Gasteiger partial charge in [0.05, 0.1) is 19.3 Å². The lowest BCUT2D eigenvalue weighted by Crippen LogP contribution is -2.46. The van der Waals surface area contributed by atoms with Gasteiger partial charge in [0.25, 0.3) is 0 Å². The summed E-state index contributed by atoms with van der Waals surface area (Å²) in [6, 6.07) is -0.758. The standard InChI is InChI=1S/C18H33NO5/c1-12(2)9-22-17-13(3)23-18(20)15(19)10-21-11-16(17)24-14-7-5-4-6-8-14/h12-17H,4-11,19H2,1-3H3/t13-,15-,16-,17-/m0/s1. The van der Waals surface area contributed by atoms with E-state index in [2.05, 4.69) is 13.8 Å². The molecule has 0 unspecified atom stereocenters. The van der Waals surface area contributed by atoms with Crippen LogP contribution in [0.3, 0.4) is 0 Å². The molecule has 2 N–H and O–H groups in total. The maximum atomic E-state index is 12.0. The highest BCUT2D eigenvalue weighted by Crippen LogP contribution is 2.25. The molecular weight excluding hydrogens is 310 g/mol. The van der Waals surface area contributed by atoms with Gasteiger partial charge in [0.15, 0.2) is 0 Å². The maximum absolute atomic E-state index is 12.0. The number of esters is 1. The van der Waals surface area contributed by atoms with E-state index < -0.39 is 18.1 Å². The van der Waals surface area contributed by atoms with Gasteiger partial charge < -0.3 is 24.7 Å².